The van der Waals surface area contributed by atoms with Crippen LogP contribution in [-0.2, 0) is 4.79 Å². The topological polar surface area (TPSA) is 73.6 Å². The van der Waals surface area contributed by atoms with E-state index in [9.17, 15) is 9.18 Å². The van der Waals surface area contributed by atoms with Crippen molar-refractivity contribution >= 4 is 11.6 Å². The second-order valence-electron chi connectivity index (χ2n) is 3.63. The molecule has 1 amide bonds. The highest BCUT2D eigenvalue weighted by molar-refractivity contribution is 5.91. The lowest BCUT2D eigenvalue weighted by molar-refractivity contribution is -0.116. The van der Waals surface area contributed by atoms with Crippen LogP contribution in [0.2, 0.25) is 0 Å². The molecule has 0 fully saturated rings. The van der Waals surface area contributed by atoms with Gasteiger partial charge in [0.25, 0.3) is 0 Å². The highest BCUT2D eigenvalue weighted by Gasteiger charge is 2.12. The maximum absolute atomic E-state index is 13.7. The molecule has 0 aliphatic carbocycles. The molecule has 5 nitrogen and oxygen atoms in total. The maximum atomic E-state index is 13.7. The number of rotatable bonds is 6. The van der Waals surface area contributed by atoms with Crippen molar-refractivity contribution in [2.24, 2.45) is 5.73 Å². The standard InChI is InChI=1S/C12H17FN2O3/c1-17-10-6-8(13)9(7-11(10)18-2)15-12(16)4-3-5-14/h6-7H,3-5,14H2,1-2H3,(H,15,16). The van der Waals surface area contributed by atoms with E-state index in [4.69, 9.17) is 15.2 Å². The Morgan fingerprint density at radius 2 is 1.94 bits per heavy atom. The van der Waals surface area contributed by atoms with E-state index in [0.717, 1.165) is 6.07 Å². The van der Waals surface area contributed by atoms with Gasteiger partial charge < -0.3 is 20.5 Å². The van der Waals surface area contributed by atoms with Crippen LogP contribution in [0.5, 0.6) is 11.5 Å². The lowest BCUT2D eigenvalue weighted by Crippen LogP contribution is -2.14. The Kier molecular flexibility index (Phi) is 5.38. The minimum Gasteiger partial charge on any atom is -0.493 e. The third kappa shape index (κ3) is 3.59. The van der Waals surface area contributed by atoms with E-state index in [1.165, 1.54) is 20.3 Å². The summed E-state index contributed by atoms with van der Waals surface area (Å²) < 4.78 is 23.6. The zero-order chi connectivity index (χ0) is 13.5. The fourth-order valence-electron chi connectivity index (χ4n) is 1.43. The second kappa shape index (κ2) is 6.80. The van der Waals surface area contributed by atoms with Gasteiger partial charge in [-0.1, -0.05) is 0 Å². The Bertz CT molecular complexity index is 424. The van der Waals surface area contributed by atoms with Crippen LogP contribution >= 0.6 is 0 Å². The fraction of sp³-hybridized carbons (Fsp3) is 0.417. The van der Waals surface area contributed by atoms with Crippen molar-refractivity contribution in [3.05, 3.63) is 17.9 Å². The molecule has 6 heteroatoms. The van der Waals surface area contributed by atoms with Crippen molar-refractivity contribution in [1.29, 1.82) is 0 Å². The Morgan fingerprint density at radius 3 is 2.50 bits per heavy atom. The zero-order valence-electron chi connectivity index (χ0n) is 10.5. The third-order valence-corrected chi connectivity index (χ3v) is 2.36. The van der Waals surface area contributed by atoms with Crippen molar-refractivity contribution in [1.82, 2.24) is 0 Å². The highest BCUT2D eigenvalue weighted by Crippen LogP contribution is 2.32. The number of methoxy groups -OCH3 is 2. The predicted octanol–water partition coefficient (Wildman–Crippen LogP) is 1.52. The first kappa shape index (κ1) is 14.2. The molecule has 1 aromatic rings. The maximum Gasteiger partial charge on any atom is 0.224 e. The molecule has 0 saturated heterocycles. The number of hydrogen-bond acceptors (Lipinski definition) is 4. The molecule has 100 valence electrons. The van der Waals surface area contributed by atoms with Gasteiger partial charge in [-0.3, -0.25) is 4.79 Å². The van der Waals surface area contributed by atoms with Gasteiger partial charge in [0.1, 0.15) is 0 Å². The van der Waals surface area contributed by atoms with Gasteiger partial charge in [0, 0.05) is 18.6 Å². The van der Waals surface area contributed by atoms with Crippen LogP contribution < -0.4 is 20.5 Å². The minimum absolute atomic E-state index is 0.0645. The Morgan fingerprint density at radius 1 is 1.33 bits per heavy atom. The molecule has 0 aliphatic rings. The molecule has 3 N–H and O–H groups in total. The Balaban J connectivity index is 2.85. The predicted molar refractivity (Wildman–Crippen MR) is 66.4 cm³/mol. The molecule has 0 atom stereocenters. The second-order valence-corrected chi connectivity index (χ2v) is 3.63. The molecule has 0 unspecified atom stereocenters. The van der Waals surface area contributed by atoms with Crippen molar-refractivity contribution < 1.29 is 18.7 Å². The van der Waals surface area contributed by atoms with E-state index in [0.29, 0.717) is 18.7 Å². The van der Waals surface area contributed by atoms with Gasteiger partial charge in [0.15, 0.2) is 17.3 Å². The van der Waals surface area contributed by atoms with Gasteiger partial charge in [0.2, 0.25) is 5.91 Å². The number of carbonyl (C=O) groups excluding carboxylic acids is 1. The molecule has 0 bridgehead atoms. The molecule has 1 aromatic carbocycles. The molecule has 0 spiro atoms. The van der Waals surface area contributed by atoms with Crippen LogP contribution in [0, 0.1) is 5.82 Å². The Hall–Kier alpha value is -1.82. The SMILES string of the molecule is COc1cc(F)c(NC(=O)CCCN)cc1OC. The summed E-state index contributed by atoms with van der Waals surface area (Å²) in [6, 6.07) is 2.55. The number of nitrogens with two attached hydrogens (primary N) is 1. The average molecular weight is 256 g/mol. The van der Waals surface area contributed by atoms with E-state index >= 15 is 0 Å². The van der Waals surface area contributed by atoms with Gasteiger partial charge >= 0.3 is 0 Å². The van der Waals surface area contributed by atoms with Crippen molar-refractivity contribution in [3.8, 4) is 11.5 Å². The van der Waals surface area contributed by atoms with E-state index in [1.807, 2.05) is 0 Å². The first-order valence-corrected chi connectivity index (χ1v) is 5.53. The van der Waals surface area contributed by atoms with Crippen LogP contribution in [0.25, 0.3) is 0 Å². The van der Waals surface area contributed by atoms with Gasteiger partial charge in [0.05, 0.1) is 19.9 Å². The van der Waals surface area contributed by atoms with Crippen molar-refractivity contribution in [3.63, 3.8) is 0 Å². The molecule has 0 aromatic heterocycles. The first-order chi connectivity index (χ1) is 8.62. The monoisotopic (exact) mass is 256 g/mol. The molecular weight excluding hydrogens is 239 g/mol. The van der Waals surface area contributed by atoms with Crippen LogP contribution in [-0.4, -0.2) is 26.7 Å². The molecule has 18 heavy (non-hydrogen) atoms. The number of ether oxygens (including phenoxy) is 2. The molecule has 0 radical (unpaired) electrons. The lowest BCUT2D eigenvalue weighted by atomic mass is 10.2. The normalized spacial score (nSPS) is 10.0. The van der Waals surface area contributed by atoms with E-state index in [-0.39, 0.29) is 23.8 Å². The van der Waals surface area contributed by atoms with Gasteiger partial charge in [-0.15, -0.1) is 0 Å². The lowest BCUT2D eigenvalue weighted by Gasteiger charge is -2.11. The largest absolute Gasteiger partial charge is 0.493 e. The summed E-state index contributed by atoms with van der Waals surface area (Å²) in [6.07, 6.45) is 0.811. The quantitative estimate of drug-likeness (QED) is 0.809. The summed E-state index contributed by atoms with van der Waals surface area (Å²) >= 11 is 0. The van der Waals surface area contributed by atoms with Crippen molar-refractivity contribution in [2.45, 2.75) is 12.8 Å². The number of amides is 1. The van der Waals surface area contributed by atoms with Gasteiger partial charge in [-0.05, 0) is 13.0 Å². The molecular formula is C12H17FN2O3. The third-order valence-electron chi connectivity index (χ3n) is 2.36. The van der Waals surface area contributed by atoms with Crippen LogP contribution in [0.4, 0.5) is 10.1 Å². The molecule has 0 saturated carbocycles. The van der Waals surface area contributed by atoms with Gasteiger partial charge in [-0.25, -0.2) is 4.39 Å². The summed E-state index contributed by atoms with van der Waals surface area (Å²) in [5, 5.41) is 2.47. The summed E-state index contributed by atoms with van der Waals surface area (Å²) in [4.78, 5) is 11.5. The van der Waals surface area contributed by atoms with Gasteiger partial charge in [-0.2, -0.15) is 0 Å². The highest BCUT2D eigenvalue weighted by atomic mass is 19.1. The van der Waals surface area contributed by atoms with Crippen LogP contribution in [0.3, 0.4) is 0 Å². The number of hydrogen-bond donors (Lipinski definition) is 2. The van der Waals surface area contributed by atoms with Crippen molar-refractivity contribution in [2.75, 3.05) is 26.1 Å². The minimum atomic E-state index is -0.575. The summed E-state index contributed by atoms with van der Waals surface area (Å²) in [5.41, 5.74) is 5.36. The summed E-state index contributed by atoms with van der Waals surface area (Å²) in [6.45, 7) is 0.418. The van der Waals surface area contributed by atoms with Crippen LogP contribution in [0.15, 0.2) is 12.1 Å². The van der Waals surface area contributed by atoms with E-state index in [1.54, 1.807) is 0 Å². The number of halogens is 1. The fourth-order valence-corrected chi connectivity index (χ4v) is 1.43. The first-order valence-electron chi connectivity index (χ1n) is 5.53. The number of nitrogens with one attached hydrogen (secondary N) is 1. The summed E-state index contributed by atoms with van der Waals surface area (Å²) in [7, 11) is 2.85. The number of anilines is 1. The molecule has 0 heterocycles. The Labute approximate surface area is 105 Å². The number of carbonyl (C=O) groups is 1. The average Bonchev–Trinajstić information content (AvgIpc) is 2.38. The summed E-state index contributed by atoms with van der Waals surface area (Å²) in [5.74, 6) is -0.233. The van der Waals surface area contributed by atoms with Crippen LogP contribution in [0.1, 0.15) is 12.8 Å². The van der Waals surface area contributed by atoms with E-state index in [2.05, 4.69) is 5.32 Å². The molecule has 0 aliphatic heterocycles. The zero-order valence-corrected chi connectivity index (χ0v) is 10.5. The van der Waals surface area contributed by atoms with E-state index < -0.39 is 5.82 Å². The number of benzene rings is 1. The molecule has 1 rings (SSSR count). The smallest absolute Gasteiger partial charge is 0.224 e.